The van der Waals surface area contributed by atoms with Crippen molar-refractivity contribution in [1.82, 2.24) is 9.88 Å². The Morgan fingerprint density at radius 3 is 2.59 bits per heavy atom. The third kappa shape index (κ3) is 6.60. The Morgan fingerprint density at radius 2 is 1.85 bits per heavy atom. The first-order chi connectivity index (χ1) is 16.6. The van der Waals surface area contributed by atoms with Crippen molar-refractivity contribution in [2.75, 3.05) is 36.9 Å². The van der Waals surface area contributed by atoms with E-state index in [4.69, 9.17) is 4.74 Å². The van der Waals surface area contributed by atoms with Crippen LogP contribution in [0.25, 0.3) is 6.08 Å². The smallest absolute Gasteiger partial charge is 0.255 e. The number of amides is 2. The molecule has 174 valence electrons. The summed E-state index contributed by atoms with van der Waals surface area (Å²) in [6.45, 7) is 6.13. The highest BCUT2D eigenvalue weighted by molar-refractivity contribution is 6.05. The molecule has 0 bridgehead atoms. The fourth-order valence-electron chi connectivity index (χ4n) is 3.64. The molecule has 2 amide bonds. The molecule has 7 nitrogen and oxygen atoms in total. The average molecular weight is 457 g/mol. The van der Waals surface area contributed by atoms with E-state index < -0.39 is 0 Å². The minimum absolute atomic E-state index is 0.199. The van der Waals surface area contributed by atoms with Gasteiger partial charge in [-0.2, -0.15) is 0 Å². The Bertz CT molecular complexity index is 1150. The van der Waals surface area contributed by atoms with Crippen molar-refractivity contribution in [3.63, 3.8) is 0 Å². The number of morpholine rings is 1. The van der Waals surface area contributed by atoms with Gasteiger partial charge in [-0.3, -0.25) is 19.5 Å². The van der Waals surface area contributed by atoms with Crippen molar-refractivity contribution < 1.29 is 14.3 Å². The monoisotopic (exact) mass is 456 g/mol. The summed E-state index contributed by atoms with van der Waals surface area (Å²) in [4.78, 5) is 31.5. The highest BCUT2D eigenvalue weighted by Crippen LogP contribution is 2.21. The lowest BCUT2D eigenvalue weighted by atomic mass is 10.1. The van der Waals surface area contributed by atoms with Crippen LogP contribution in [0.2, 0.25) is 0 Å². The Kier molecular flexibility index (Phi) is 7.80. The average Bonchev–Trinajstić information content (AvgIpc) is 2.86. The minimum Gasteiger partial charge on any atom is -0.379 e. The van der Waals surface area contributed by atoms with Crippen LogP contribution < -0.4 is 10.6 Å². The number of carbonyl (C=O) groups is 2. The number of pyridine rings is 1. The van der Waals surface area contributed by atoms with Gasteiger partial charge in [-0.15, -0.1) is 0 Å². The van der Waals surface area contributed by atoms with Gasteiger partial charge >= 0.3 is 0 Å². The Morgan fingerprint density at radius 1 is 1.06 bits per heavy atom. The molecule has 1 aliphatic rings. The number of nitrogens with zero attached hydrogens (tertiary/aromatic N) is 2. The molecule has 0 saturated carbocycles. The summed E-state index contributed by atoms with van der Waals surface area (Å²) in [5.41, 5.74) is 4.73. The van der Waals surface area contributed by atoms with Gasteiger partial charge < -0.3 is 15.4 Å². The van der Waals surface area contributed by atoms with Crippen molar-refractivity contribution in [3.8, 4) is 0 Å². The van der Waals surface area contributed by atoms with Crippen molar-refractivity contribution in [1.29, 1.82) is 0 Å². The molecule has 0 unspecified atom stereocenters. The number of anilines is 2. The first-order valence-electron chi connectivity index (χ1n) is 11.3. The van der Waals surface area contributed by atoms with Gasteiger partial charge in [0.25, 0.3) is 5.91 Å². The molecule has 1 aromatic heterocycles. The number of hydrogen-bond acceptors (Lipinski definition) is 5. The summed E-state index contributed by atoms with van der Waals surface area (Å²) < 4.78 is 5.39. The lowest BCUT2D eigenvalue weighted by Gasteiger charge is -2.26. The Labute approximate surface area is 199 Å². The van der Waals surface area contributed by atoms with E-state index in [1.165, 1.54) is 6.08 Å². The molecule has 2 aromatic carbocycles. The maximum Gasteiger partial charge on any atom is 0.255 e. The topological polar surface area (TPSA) is 83.6 Å². The number of ether oxygens (including phenoxy) is 1. The summed E-state index contributed by atoms with van der Waals surface area (Å²) in [6, 6.07) is 16.8. The van der Waals surface area contributed by atoms with Crippen molar-refractivity contribution in [3.05, 3.63) is 95.3 Å². The lowest BCUT2D eigenvalue weighted by Crippen LogP contribution is -2.35. The maximum atomic E-state index is 12.8. The molecule has 34 heavy (non-hydrogen) atoms. The number of aromatic nitrogens is 1. The van der Waals surface area contributed by atoms with Crippen LogP contribution in [0.15, 0.2) is 73.1 Å². The van der Waals surface area contributed by atoms with Crippen LogP contribution in [-0.2, 0) is 16.1 Å². The Balaban J connectivity index is 1.36. The molecule has 2 heterocycles. The molecule has 7 heteroatoms. The van der Waals surface area contributed by atoms with Crippen LogP contribution in [0, 0.1) is 6.92 Å². The number of hydrogen-bond donors (Lipinski definition) is 2. The summed E-state index contributed by atoms with van der Waals surface area (Å²) in [5, 5.41) is 5.78. The molecule has 1 fully saturated rings. The van der Waals surface area contributed by atoms with Gasteiger partial charge in [0, 0.05) is 55.0 Å². The zero-order valence-electron chi connectivity index (χ0n) is 19.2. The van der Waals surface area contributed by atoms with Gasteiger partial charge in [-0.1, -0.05) is 24.3 Å². The number of aryl methyl sites for hydroxylation is 1. The van der Waals surface area contributed by atoms with E-state index in [0.717, 1.165) is 49.5 Å². The standard InChI is InChI=1S/C27H28N4O3/c1-20-4-10-24(17-25(20)30-26(32)11-7-21-3-2-12-28-18-21)29-27(33)23-8-5-22(6-9-23)19-31-13-15-34-16-14-31/h2-12,17-18H,13-16,19H2,1H3,(H,29,33)(H,30,32)/b11-7+. The normalized spacial score (nSPS) is 14.1. The summed E-state index contributed by atoms with van der Waals surface area (Å²) in [7, 11) is 0. The van der Waals surface area contributed by atoms with Crippen LogP contribution in [0.3, 0.4) is 0 Å². The van der Waals surface area contributed by atoms with Crippen molar-refractivity contribution >= 4 is 29.3 Å². The van der Waals surface area contributed by atoms with Crippen LogP contribution in [0.4, 0.5) is 11.4 Å². The summed E-state index contributed by atoms with van der Waals surface area (Å²) in [5.74, 6) is -0.457. The largest absolute Gasteiger partial charge is 0.379 e. The second-order valence-electron chi connectivity index (χ2n) is 8.18. The van der Waals surface area contributed by atoms with Crippen LogP contribution in [0.1, 0.15) is 27.0 Å². The first-order valence-corrected chi connectivity index (χ1v) is 11.3. The molecule has 4 rings (SSSR count). The summed E-state index contributed by atoms with van der Waals surface area (Å²) >= 11 is 0. The molecule has 0 radical (unpaired) electrons. The van der Waals surface area contributed by atoms with Gasteiger partial charge in [-0.05, 0) is 60.0 Å². The van der Waals surface area contributed by atoms with Crippen molar-refractivity contribution in [2.24, 2.45) is 0 Å². The van der Waals surface area contributed by atoms with E-state index in [9.17, 15) is 9.59 Å². The van der Waals surface area contributed by atoms with Gasteiger partial charge in [0.2, 0.25) is 5.91 Å². The summed E-state index contributed by atoms with van der Waals surface area (Å²) in [6.07, 6.45) is 6.52. The van der Waals surface area contributed by atoms with Crippen LogP contribution >= 0.6 is 0 Å². The van der Waals surface area contributed by atoms with E-state index in [2.05, 4.69) is 20.5 Å². The molecule has 1 saturated heterocycles. The number of rotatable bonds is 7. The van der Waals surface area contributed by atoms with Crippen molar-refractivity contribution in [2.45, 2.75) is 13.5 Å². The number of carbonyl (C=O) groups excluding carboxylic acids is 2. The zero-order chi connectivity index (χ0) is 23.8. The molecule has 0 atom stereocenters. The SMILES string of the molecule is Cc1ccc(NC(=O)c2ccc(CN3CCOCC3)cc2)cc1NC(=O)/C=C/c1cccnc1. The zero-order valence-corrected chi connectivity index (χ0v) is 19.2. The number of nitrogens with one attached hydrogen (secondary N) is 2. The molecule has 0 aliphatic carbocycles. The van der Waals surface area contributed by atoms with E-state index >= 15 is 0 Å². The molecular formula is C27H28N4O3. The van der Waals surface area contributed by atoms with E-state index in [0.29, 0.717) is 16.9 Å². The predicted octanol–water partition coefficient (Wildman–Crippen LogP) is 4.13. The maximum absolute atomic E-state index is 12.8. The third-order valence-corrected chi connectivity index (χ3v) is 5.59. The fraction of sp³-hybridized carbons (Fsp3) is 0.222. The minimum atomic E-state index is -0.258. The lowest BCUT2D eigenvalue weighted by molar-refractivity contribution is -0.111. The highest BCUT2D eigenvalue weighted by Gasteiger charge is 2.12. The fourth-order valence-corrected chi connectivity index (χ4v) is 3.64. The van der Waals surface area contributed by atoms with Gasteiger partial charge in [0.05, 0.1) is 13.2 Å². The quantitative estimate of drug-likeness (QED) is 0.523. The highest BCUT2D eigenvalue weighted by atomic mass is 16.5. The second-order valence-corrected chi connectivity index (χ2v) is 8.18. The van der Waals surface area contributed by atoms with Crippen LogP contribution in [-0.4, -0.2) is 48.0 Å². The van der Waals surface area contributed by atoms with Gasteiger partial charge in [0.15, 0.2) is 0 Å². The first kappa shape index (κ1) is 23.4. The van der Waals surface area contributed by atoms with E-state index in [1.54, 1.807) is 24.5 Å². The van der Waals surface area contributed by atoms with Gasteiger partial charge in [0.1, 0.15) is 0 Å². The predicted molar refractivity (Wildman–Crippen MR) is 134 cm³/mol. The number of benzene rings is 2. The molecule has 0 spiro atoms. The molecule has 3 aromatic rings. The van der Waals surface area contributed by atoms with Crippen LogP contribution in [0.5, 0.6) is 0 Å². The molecule has 1 aliphatic heterocycles. The second kappa shape index (κ2) is 11.4. The Hall–Kier alpha value is -3.81. The molecule has 2 N–H and O–H groups in total. The molecular weight excluding hydrogens is 428 g/mol. The van der Waals surface area contributed by atoms with E-state index in [1.807, 2.05) is 55.5 Å². The van der Waals surface area contributed by atoms with Gasteiger partial charge in [-0.25, -0.2) is 0 Å². The van der Waals surface area contributed by atoms with E-state index in [-0.39, 0.29) is 11.8 Å². The third-order valence-electron chi connectivity index (χ3n) is 5.59.